The first-order valence-electron chi connectivity index (χ1n) is 9.03. The van der Waals surface area contributed by atoms with Gasteiger partial charge in [0.2, 0.25) is 5.91 Å². The van der Waals surface area contributed by atoms with E-state index in [4.69, 9.17) is 4.74 Å². The van der Waals surface area contributed by atoms with Crippen LogP contribution < -0.4 is 0 Å². The van der Waals surface area contributed by atoms with E-state index in [2.05, 4.69) is 4.90 Å². The molecule has 3 atom stereocenters. The molecule has 0 radical (unpaired) electrons. The Morgan fingerprint density at radius 2 is 1.82 bits per heavy atom. The monoisotopic (exact) mass is 310 g/mol. The predicted molar refractivity (Wildman–Crippen MR) is 84.6 cm³/mol. The van der Waals surface area contributed by atoms with Crippen molar-refractivity contribution in [2.75, 3.05) is 39.4 Å². The number of ether oxygens (including phenoxy) is 1. The maximum Gasteiger partial charge on any atom is 0.236 e. The van der Waals surface area contributed by atoms with Gasteiger partial charge in [0.1, 0.15) is 0 Å². The molecule has 3 rings (SSSR count). The Hall–Kier alpha value is -0.650. The summed E-state index contributed by atoms with van der Waals surface area (Å²) < 4.78 is 5.64. The summed E-state index contributed by atoms with van der Waals surface area (Å²) in [5.74, 6) is 0.540. The van der Waals surface area contributed by atoms with Crippen LogP contribution >= 0.6 is 0 Å². The first-order chi connectivity index (χ1) is 10.8. The fraction of sp³-hybridized carbons (Fsp3) is 0.941. The highest BCUT2D eigenvalue weighted by molar-refractivity contribution is 5.78. The Labute approximate surface area is 133 Å². The van der Waals surface area contributed by atoms with E-state index in [9.17, 15) is 9.90 Å². The van der Waals surface area contributed by atoms with Crippen LogP contribution in [0.1, 0.15) is 44.9 Å². The Balaban J connectivity index is 1.59. The molecule has 0 aromatic heterocycles. The van der Waals surface area contributed by atoms with Crippen molar-refractivity contribution in [1.29, 1.82) is 0 Å². The van der Waals surface area contributed by atoms with Gasteiger partial charge in [0.25, 0.3) is 0 Å². The van der Waals surface area contributed by atoms with E-state index >= 15 is 0 Å². The molecule has 2 saturated heterocycles. The summed E-state index contributed by atoms with van der Waals surface area (Å²) in [5, 5.41) is 10.2. The van der Waals surface area contributed by atoms with E-state index in [-0.39, 0.29) is 24.0 Å². The molecule has 22 heavy (non-hydrogen) atoms. The fourth-order valence-electron chi connectivity index (χ4n) is 4.26. The van der Waals surface area contributed by atoms with Gasteiger partial charge in [0.05, 0.1) is 25.9 Å². The SMILES string of the molecule is O=C(CN1CCOC[C@@H]1[C@H]1CCC[C@@H]1O)N1CCCCCC1. The van der Waals surface area contributed by atoms with Crippen molar-refractivity contribution < 1.29 is 14.6 Å². The number of hydrogen-bond acceptors (Lipinski definition) is 4. The summed E-state index contributed by atoms with van der Waals surface area (Å²) >= 11 is 0. The van der Waals surface area contributed by atoms with Crippen LogP contribution in [0.3, 0.4) is 0 Å². The third-order valence-corrected chi connectivity index (χ3v) is 5.60. The number of likely N-dealkylation sites (tertiary alicyclic amines) is 1. The average Bonchev–Trinajstić information content (AvgIpc) is 2.78. The van der Waals surface area contributed by atoms with Crippen molar-refractivity contribution in [2.24, 2.45) is 5.92 Å². The molecule has 1 aliphatic carbocycles. The highest BCUT2D eigenvalue weighted by Crippen LogP contribution is 2.32. The van der Waals surface area contributed by atoms with Crippen molar-refractivity contribution in [3.8, 4) is 0 Å². The van der Waals surface area contributed by atoms with Crippen LogP contribution in [0.2, 0.25) is 0 Å². The first kappa shape index (κ1) is 16.2. The third kappa shape index (κ3) is 3.81. The van der Waals surface area contributed by atoms with Gasteiger partial charge in [-0.05, 0) is 25.7 Å². The topological polar surface area (TPSA) is 53.0 Å². The van der Waals surface area contributed by atoms with E-state index < -0.39 is 0 Å². The summed E-state index contributed by atoms with van der Waals surface area (Å²) in [6.07, 6.45) is 7.60. The van der Waals surface area contributed by atoms with Gasteiger partial charge < -0.3 is 14.7 Å². The molecule has 0 bridgehead atoms. The highest BCUT2D eigenvalue weighted by atomic mass is 16.5. The quantitative estimate of drug-likeness (QED) is 0.852. The fourth-order valence-corrected chi connectivity index (χ4v) is 4.26. The molecule has 0 unspecified atom stereocenters. The molecule has 0 spiro atoms. The second-order valence-corrected chi connectivity index (χ2v) is 7.07. The zero-order valence-electron chi connectivity index (χ0n) is 13.6. The standard InChI is InChI=1S/C17H30N2O3/c20-16-7-5-6-14(16)15-13-22-11-10-19(15)12-17(21)18-8-3-1-2-4-9-18/h14-16,20H,1-13H2/t14-,15-,16+/m1/s1. The van der Waals surface area contributed by atoms with Crippen molar-refractivity contribution in [3.63, 3.8) is 0 Å². The van der Waals surface area contributed by atoms with Crippen LogP contribution in [-0.2, 0) is 9.53 Å². The molecule has 1 N–H and O–H groups in total. The number of nitrogens with zero attached hydrogens (tertiary/aromatic N) is 2. The van der Waals surface area contributed by atoms with Gasteiger partial charge in [-0.15, -0.1) is 0 Å². The van der Waals surface area contributed by atoms with Crippen LogP contribution in [-0.4, -0.2) is 72.4 Å². The largest absolute Gasteiger partial charge is 0.393 e. The van der Waals surface area contributed by atoms with Gasteiger partial charge >= 0.3 is 0 Å². The Morgan fingerprint density at radius 3 is 2.50 bits per heavy atom. The third-order valence-electron chi connectivity index (χ3n) is 5.60. The molecular formula is C17H30N2O3. The summed E-state index contributed by atoms with van der Waals surface area (Å²) in [5.41, 5.74) is 0. The van der Waals surface area contributed by atoms with Crippen LogP contribution in [0.5, 0.6) is 0 Å². The Kier molecular flexibility index (Phi) is 5.71. The lowest BCUT2D eigenvalue weighted by Crippen LogP contribution is -2.54. The lowest BCUT2D eigenvalue weighted by atomic mass is 9.94. The minimum atomic E-state index is -0.220. The summed E-state index contributed by atoms with van der Waals surface area (Å²) in [4.78, 5) is 17.0. The maximum atomic E-state index is 12.6. The van der Waals surface area contributed by atoms with Gasteiger partial charge in [-0.3, -0.25) is 9.69 Å². The zero-order valence-corrected chi connectivity index (χ0v) is 13.6. The van der Waals surface area contributed by atoms with E-state index in [0.29, 0.717) is 19.8 Å². The molecule has 126 valence electrons. The molecule has 3 aliphatic rings. The average molecular weight is 310 g/mol. The van der Waals surface area contributed by atoms with Gasteiger partial charge in [0, 0.05) is 31.6 Å². The second kappa shape index (κ2) is 7.75. The van der Waals surface area contributed by atoms with Crippen LogP contribution in [0.25, 0.3) is 0 Å². The molecule has 5 heteroatoms. The minimum absolute atomic E-state index is 0.210. The summed E-state index contributed by atoms with van der Waals surface area (Å²) in [7, 11) is 0. The predicted octanol–water partition coefficient (Wildman–Crippen LogP) is 1.25. The number of aliphatic hydroxyl groups excluding tert-OH is 1. The normalized spacial score (nSPS) is 34.6. The number of rotatable bonds is 3. The number of morpholine rings is 1. The number of carbonyl (C=O) groups excluding carboxylic acids is 1. The van der Waals surface area contributed by atoms with Crippen molar-refractivity contribution in [1.82, 2.24) is 9.80 Å². The van der Waals surface area contributed by atoms with Crippen molar-refractivity contribution in [2.45, 2.75) is 57.1 Å². The van der Waals surface area contributed by atoms with Gasteiger partial charge in [-0.2, -0.15) is 0 Å². The van der Waals surface area contributed by atoms with Crippen LogP contribution in [0.4, 0.5) is 0 Å². The number of aliphatic hydroxyl groups is 1. The summed E-state index contributed by atoms with van der Waals surface area (Å²) in [6.45, 7) is 4.51. The van der Waals surface area contributed by atoms with Gasteiger partial charge in [-0.25, -0.2) is 0 Å². The molecule has 1 saturated carbocycles. The minimum Gasteiger partial charge on any atom is -0.393 e. The van der Waals surface area contributed by atoms with Gasteiger partial charge in [0.15, 0.2) is 0 Å². The molecular weight excluding hydrogens is 280 g/mol. The van der Waals surface area contributed by atoms with E-state index in [1.165, 1.54) is 12.8 Å². The molecule has 0 aromatic rings. The molecule has 3 fully saturated rings. The molecule has 0 aromatic carbocycles. The lowest BCUT2D eigenvalue weighted by Gasteiger charge is -2.40. The van der Waals surface area contributed by atoms with Gasteiger partial charge in [-0.1, -0.05) is 19.3 Å². The van der Waals surface area contributed by atoms with E-state index in [1.807, 2.05) is 4.90 Å². The number of carbonyl (C=O) groups is 1. The summed E-state index contributed by atoms with van der Waals surface area (Å²) in [6, 6.07) is 0.210. The lowest BCUT2D eigenvalue weighted by molar-refractivity contribution is -0.136. The second-order valence-electron chi connectivity index (χ2n) is 7.07. The van der Waals surface area contributed by atoms with E-state index in [1.54, 1.807) is 0 Å². The molecule has 1 amide bonds. The van der Waals surface area contributed by atoms with Crippen molar-refractivity contribution >= 4 is 5.91 Å². The molecule has 2 aliphatic heterocycles. The van der Waals surface area contributed by atoms with Crippen molar-refractivity contribution in [3.05, 3.63) is 0 Å². The Morgan fingerprint density at radius 1 is 1.05 bits per heavy atom. The number of hydrogen-bond donors (Lipinski definition) is 1. The maximum absolute atomic E-state index is 12.6. The highest BCUT2D eigenvalue weighted by Gasteiger charge is 2.38. The first-order valence-corrected chi connectivity index (χ1v) is 9.03. The Bertz CT molecular complexity index is 369. The molecule has 5 nitrogen and oxygen atoms in total. The number of amides is 1. The van der Waals surface area contributed by atoms with E-state index in [0.717, 1.165) is 51.7 Å². The smallest absolute Gasteiger partial charge is 0.236 e. The molecule has 2 heterocycles. The zero-order chi connectivity index (χ0) is 15.4. The van der Waals surface area contributed by atoms with Crippen LogP contribution in [0.15, 0.2) is 0 Å². The van der Waals surface area contributed by atoms with Crippen LogP contribution in [0, 0.1) is 5.92 Å².